The molecular formula is C14H24N2O. The molecule has 17 heavy (non-hydrogen) atoms. The van der Waals surface area contributed by atoms with Gasteiger partial charge in [0.25, 0.3) is 0 Å². The maximum absolute atomic E-state index is 6.03. The summed E-state index contributed by atoms with van der Waals surface area (Å²) < 4.78 is 5.45. The highest BCUT2D eigenvalue weighted by Gasteiger charge is 2.21. The fourth-order valence-electron chi connectivity index (χ4n) is 1.98. The van der Waals surface area contributed by atoms with Crippen LogP contribution in [0.3, 0.4) is 0 Å². The van der Waals surface area contributed by atoms with Gasteiger partial charge in [-0.1, -0.05) is 20.8 Å². The molecule has 0 spiro atoms. The van der Waals surface area contributed by atoms with Gasteiger partial charge in [-0.3, -0.25) is 0 Å². The molecule has 96 valence electrons. The van der Waals surface area contributed by atoms with E-state index in [0.717, 1.165) is 16.9 Å². The molecular weight excluding hydrogens is 212 g/mol. The van der Waals surface area contributed by atoms with E-state index in [1.54, 1.807) is 7.11 Å². The van der Waals surface area contributed by atoms with Crippen molar-refractivity contribution in [2.24, 2.45) is 11.5 Å². The minimum Gasteiger partial charge on any atom is -0.496 e. The fraction of sp³-hybridized carbons (Fsp3) is 0.571. The minimum atomic E-state index is -0.109. The predicted molar refractivity (Wildman–Crippen MR) is 72.4 cm³/mol. The van der Waals surface area contributed by atoms with Crippen molar-refractivity contribution in [1.82, 2.24) is 0 Å². The zero-order valence-electron chi connectivity index (χ0n) is 11.5. The first-order valence-corrected chi connectivity index (χ1v) is 5.96. The number of benzene rings is 1. The Balaban J connectivity index is 3.38. The molecule has 3 nitrogen and oxygen atoms in total. The van der Waals surface area contributed by atoms with Gasteiger partial charge in [-0.05, 0) is 41.2 Å². The first-order chi connectivity index (χ1) is 7.81. The van der Waals surface area contributed by atoms with Crippen molar-refractivity contribution < 1.29 is 4.74 Å². The second-order valence-corrected chi connectivity index (χ2v) is 5.50. The second-order valence-electron chi connectivity index (χ2n) is 5.50. The van der Waals surface area contributed by atoms with Crippen molar-refractivity contribution in [3.63, 3.8) is 0 Å². The van der Waals surface area contributed by atoms with Gasteiger partial charge in [0.15, 0.2) is 0 Å². The van der Waals surface area contributed by atoms with E-state index >= 15 is 0 Å². The van der Waals surface area contributed by atoms with Crippen molar-refractivity contribution in [3.05, 3.63) is 28.8 Å². The van der Waals surface area contributed by atoms with Crippen LogP contribution in [0.1, 0.15) is 43.5 Å². The molecule has 3 heteroatoms. The van der Waals surface area contributed by atoms with Gasteiger partial charge in [-0.2, -0.15) is 0 Å². The quantitative estimate of drug-likeness (QED) is 0.846. The van der Waals surface area contributed by atoms with Crippen LogP contribution in [0.25, 0.3) is 0 Å². The molecule has 1 unspecified atom stereocenters. The van der Waals surface area contributed by atoms with Crippen LogP contribution >= 0.6 is 0 Å². The van der Waals surface area contributed by atoms with Gasteiger partial charge in [0, 0.05) is 12.6 Å². The van der Waals surface area contributed by atoms with Gasteiger partial charge in [0.05, 0.1) is 7.11 Å². The second kappa shape index (κ2) is 5.07. The van der Waals surface area contributed by atoms with Crippen LogP contribution in [0.15, 0.2) is 12.1 Å². The van der Waals surface area contributed by atoms with Gasteiger partial charge < -0.3 is 16.2 Å². The van der Waals surface area contributed by atoms with E-state index in [1.807, 2.05) is 13.0 Å². The number of ether oxygens (including phenoxy) is 1. The van der Waals surface area contributed by atoms with Crippen LogP contribution in [-0.2, 0) is 5.41 Å². The number of hydrogen-bond donors (Lipinski definition) is 2. The largest absolute Gasteiger partial charge is 0.496 e. The molecule has 1 rings (SSSR count). The summed E-state index contributed by atoms with van der Waals surface area (Å²) in [7, 11) is 1.70. The molecule has 0 aliphatic heterocycles. The average Bonchev–Trinajstić information content (AvgIpc) is 2.25. The lowest BCUT2D eigenvalue weighted by Crippen LogP contribution is -2.23. The first-order valence-electron chi connectivity index (χ1n) is 5.96. The Kier molecular flexibility index (Phi) is 4.17. The molecule has 0 radical (unpaired) electrons. The summed E-state index contributed by atoms with van der Waals surface area (Å²) in [5.41, 5.74) is 15.1. The topological polar surface area (TPSA) is 61.3 Å². The van der Waals surface area contributed by atoms with Crippen LogP contribution in [0.5, 0.6) is 5.75 Å². The van der Waals surface area contributed by atoms with E-state index in [1.165, 1.54) is 5.56 Å². The van der Waals surface area contributed by atoms with Gasteiger partial charge in [0.1, 0.15) is 5.75 Å². The summed E-state index contributed by atoms with van der Waals surface area (Å²) in [4.78, 5) is 0. The van der Waals surface area contributed by atoms with E-state index in [4.69, 9.17) is 16.2 Å². The van der Waals surface area contributed by atoms with Crippen molar-refractivity contribution in [1.29, 1.82) is 0 Å². The molecule has 0 saturated heterocycles. The summed E-state index contributed by atoms with van der Waals surface area (Å²) in [6, 6.07) is 4.07. The third-order valence-electron chi connectivity index (χ3n) is 3.05. The Morgan fingerprint density at radius 3 is 2.29 bits per heavy atom. The predicted octanol–water partition coefficient (Wildman–Crippen LogP) is 2.26. The SMILES string of the molecule is COc1cc(C)c(C(N)CN)cc1C(C)(C)C. The van der Waals surface area contributed by atoms with E-state index in [-0.39, 0.29) is 11.5 Å². The van der Waals surface area contributed by atoms with Crippen LogP contribution in [0.4, 0.5) is 0 Å². The molecule has 4 N–H and O–H groups in total. The highest BCUT2D eigenvalue weighted by atomic mass is 16.5. The fourth-order valence-corrected chi connectivity index (χ4v) is 1.98. The first kappa shape index (κ1) is 14.0. The third kappa shape index (κ3) is 2.99. The molecule has 0 bridgehead atoms. The maximum atomic E-state index is 6.03. The molecule has 0 aliphatic carbocycles. The monoisotopic (exact) mass is 236 g/mol. The van der Waals surface area contributed by atoms with Crippen LogP contribution in [-0.4, -0.2) is 13.7 Å². The van der Waals surface area contributed by atoms with E-state index in [9.17, 15) is 0 Å². The Morgan fingerprint density at radius 1 is 1.29 bits per heavy atom. The summed E-state index contributed by atoms with van der Waals surface area (Å²) in [5, 5.41) is 0. The van der Waals surface area contributed by atoms with Gasteiger partial charge in [-0.15, -0.1) is 0 Å². The molecule has 0 heterocycles. The standard InChI is InChI=1S/C14H24N2O/c1-9-6-13(17-5)11(14(2,3)4)7-10(9)12(16)8-15/h6-7,12H,8,15-16H2,1-5H3. The van der Waals surface area contributed by atoms with Crippen molar-refractivity contribution >= 4 is 0 Å². The molecule has 1 aromatic rings. The zero-order chi connectivity index (χ0) is 13.2. The van der Waals surface area contributed by atoms with Crippen LogP contribution in [0, 0.1) is 6.92 Å². The van der Waals surface area contributed by atoms with E-state index in [2.05, 4.69) is 26.8 Å². The lowest BCUT2D eigenvalue weighted by Gasteiger charge is -2.25. The number of methoxy groups -OCH3 is 1. The number of rotatable bonds is 3. The molecule has 0 aliphatic rings. The van der Waals surface area contributed by atoms with Crippen LogP contribution in [0.2, 0.25) is 0 Å². The molecule has 0 saturated carbocycles. The van der Waals surface area contributed by atoms with Crippen molar-refractivity contribution in [3.8, 4) is 5.75 Å². The van der Waals surface area contributed by atoms with E-state index in [0.29, 0.717) is 6.54 Å². The normalized spacial score (nSPS) is 13.6. The van der Waals surface area contributed by atoms with E-state index < -0.39 is 0 Å². The highest BCUT2D eigenvalue weighted by molar-refractivity contribution is 5.46. The number of nitrogens with two attached hydrogens (primary N) is 2. The van der Waals surface area contributed by atoms with Crippen LogP contribution < -0.4 is 16.2 Å². The van der Waals surface area contributed by atoms with Gasteiger partial charge >= 0.3 is 0 Å². The van der Waals surface area contributed by atoms with Gasteiger partial charge in [0.2, 0.25) is 0 Å². The number of hydrogen-bond acceptors (Lipinski definition) is 3. The summed E-state index contributed by atoms with van der Waals surface area (Å²) in [5.74, 6) is 0.919. The zero-order valence-corrected chi connectivity index (χ0v) is 11.5. The summed E-state index contributed by atoms with van der Waals surface area (Å²) >= 11 is 0. The molecule has 0 fully saturated rings. The van der Waals surface area contributed by atoms with Gasteiger partial charge in [-0.25, -0.2) is 0 Å². The maximum Gasteiger partial charge on any atom is 0.122 e. The summed E-state index contributed by atoms with van der Waals surface area (Å²) in [6.45, 7) is 8.99. The Labute approximate surface area is 104 Å². The molecule has 0 amide bonds. The summed E-state index contributed by atoms with van der Waals surface area (Å²) in [6.07, 6.45) is 0. The van der Waals surface area contributed by atoms with Crippen molar-refractivity contribution in [2.75, 3.05) is 13.7 Å². The van der Waals surface area contributed by atoms with Crippen molar-refractivity contribution in [2.45, 2.75) is 39.2 Å². The Morgan fingerprint density at radius 2 is 1.88 bits per heavy atom. The Bertz CT molecular complexity index is 394. The molecule has 1 atom stereocenters. The minimum absolute atomic E-state index is 0.0299. The number of aryl methyl sites for hydroxylation is 1. The molecule has 1 aromatic carbocycles. The highest BCUT2D eigenvalue weighted by Crippen LogP contribution is 2.34. The lowest BCUT2D eigenvalue weighted by molar-refractivity contribution is 0.396. The smallest absolute Gasteiger partial charge is 0.122 e. The lowest BCUT2D eigenvalue weighted by atomic mass is 9.83. The molecule has 0 aromatic heterocycles. The third-order valence-corrected chi connectivity index (χ3v) is 3.05. The Hall–Kier alpha value is -1.06. The average molecular weight is 236 g/mol.